The molecule has 6 heteroatoms. The molecule has 1 N–H and O–H groups in total. The minimum Gasteiger partial charge on any atom is -0.352 e. The summed E-state index contributed by atoms with van der Waals surface area (Å²) in [7, 11) is 0. The molecule has 0 radical (unpaired) electrons. The summed E-state index contributed by atoms with van der Waals surface area (Å²) in [4.78, 5) is 16.0. The van der Waals surface area contributed by atoms with Gasteiger partial charge in [-0.25, -0.2) is 4.98 Å². The normalized spacial score (nSPS) is 10.6. The van der Waals surface area contributed by atoms with Crippen molar-refractivity contribution >= 4 is 29.1 Å². The molecule has 0 saturated carbocycles. The first-order chi connectivity index (χ1) is 9.58. The fraction of sp³-hybridized carbons (Fsp3) is 0.286. The molecule has 0 aliphatic heterocycles. The molecule has 4 nitrogen and oxygen atoms in total. The number of benzene rings is 1. The van der Waals surface area contributed by atoms with Crippen molar-refractivity contribution < 1.29 is 4.79 Å². The second-order valence-electron chi connectivity index (χ2n) is 4.41. The van der Waals surface area contributed by atoms with E-state index in [1.807, 2.05) is 17.7 Å². The lowest BCUT2D eigenvalue weighted by Gasteiger charge is -2.07. The van der Waals surface area contributed by atoms with Crippen LogP contribution in [0, 0.1) is 6.92 Å². The maximum Gasteiger partial charge on any atom is 0.251 e. The molecule has 1 aromatic carbocycles. The van der Waals surface area contributed by atoms with Gasteiger partial charge < -0.3 is 9.88 Å². The molecule has 0 bridgehead atoms. The standard InChI is InChI=1S/C14H15Cl2N3O/c1-10-17-6-8-19(10)7-2-5-18-14(20)11-3-4-12(15)13(16)9-11/h3-4,6,8-9H,2,5,7H2,1H3,(H,18,20). The van der Waals surface area contributed by atoms with E-state index < -0.39 is 0 Å². The zero-order valence-electron chi connectivity index (χ0n) is 11.1. The van der Waals surface area contributed by atoms with Gasteiger partial charge in [-0.3, -0.25) is 4.79 Å². The molecule has 2 rings (SSSR count). The first-order valence-electron chi connectivity index (χ1n) is 6.29. The van der Waals surface area contributed by atoms with E-state index in [4.69, 9.17) is 23.2 Å². The molecular formula is C14H15Cl2N3O. The van der Waals surface area contributed by atoms with Crippen molar-refractivity contribution in [2.24, 2.45) is 0 Å². The highest BCUT2D eigenvalue weighted by molar-refractivity contribution is 6.42. The summed E-state index contributed by atoms with van der Waals surface area (Å²) >= 11 is 11.7. The Morgan fingerprint density at radius 2 is 2.15 bits per heavy atom. The lowest BCUT2D eigenvalue weighted by atomic mass is 10.2. The molecule has 0 fully saturated rings. The van der Waals surface area contributed by atoms with Crippen LogP contribution < -0.4 is 5.32 Å². The largest absolute Gasteiger partial charge is 0.352 e. The summed E-state index contributed by atoms with van der Waals surface area (Å²) in [6, 6.07) is 4.84. The molecule has 0 aliphatic carbocycles. The second-order valence-corrected chi connectivity index (χ2v) is 5.22. The highest BCUT2D eigenvalue weighted by Gasteiger charge is 2.07. The van der Waals surface area contributed by atoms with Crippen LogP contribution in [0.1, 0.15) is 22.6 Å². The second kappa shape index (κ2) is 6.77. The van der Waals surface area contributed by atoms with Gasteiger partial charge in [0.2, 0.25) is 0 Å². The number of nitrogens with one attached hydrogen (secondary N) is 1. The van der Waals surface area contributed by atoms with E-state index in [9.17, 15) is 4.79 Å². The number of aromatic nitrogens is 2. The zero-order chi connectivity index (χ0) is 14.5. The van der Waals surface area contributed by atoms with Gasteiger partial charge in [0.25, 0.3) is 5.91 Å². The van der Waals surface area contributed by atoms with E-state index in [1.165, 1.54) is 0 Å². The van der Waals surface area contributed by atoms with Crippen molar-refractivity contribution in [2.75, 3.05) is 6.54 Å². The minimum atomic E-state index is -0.147. The van der Waals surface area contributed by atoms with Crippen LogP contribution in [0.2, 0.25) is 10.0 Å². The Morgan fingerprint density at radius 3 is 2.80 bits per heavy atom. The van der Waals surface area contributed by atoms with E-state index >= 15 is 0 Å². The Balaban J connectivity index is 1.80. The molecule has 20 heavy (non-hydrogen) atoms. The van der Waals surface area contributed by atoms with Gasteiger partial charge in [0.1, 0.15) is 5.82 Å². The predicted octanol–water partition coefficient (Wildman–Crippen LogP) is 3.32. The summed E-state index contributed by atoms with van der Waals surface area (Å²) in [6.07, 6.45) is 4.53. The molecular weight excluding hydrogens is 297 g/mol. The SMILES string of the molecule is Cc1nccn1CCCNC(=O)c1ccc(Cl)c(Cl)c1. The number of carbonyl (C=O) groups is 1. The molecule has 0 spiro atoms. The molecule has 0 aliphatic rings. The summed E-state index contributed by atoms with van der Waals surface area (Å²) in [5, 5.41) is 3.68. The van der Waals surface area contributed by atoms with E-state index in [0.717, 1.165) is 18.8 Å². The zero-order valence-corrected chi connectivity index (χ0v) is 12.6. The Morgan fingerprint density at radius 1 is 1.35 bits per heavy atom. The molecule has 106 valence electrons. The third-order valence-electron chi connectivity index (χ3n) is 2.97. The van der Waals surface area contributed by atoms with Gasteiger partial charge in [-0.15, -0.1) is 0 Å². The molecule has 0 saturated heterocycles. The molecule has 2 aromatic rings. The van der Waals surface area contributed by atoms with Crippen LogP contribution in [0.5, 0.6) is 0 Å². The van der Waals surface area contributed by atoms with Crippen LogP contribution in [0.3, 0.4) is 0 Å². The van der Waals surface area contributed by atoms with Crippen molar-refractivity contribution in [1.82, 2.24) is 14.9 Å². The molecule has 1 amide bonds. The van der Waals surface area contributed by atoms with Crippen molar-refractivity contribution in [2.45, 2.75) is 19.9 Å². The number of hydrogen-bond donors (Lipinski definition) is 1. The maximum atomic E-state index is 11.9. The Labute approximate surface area is 127 Å². The smallest absolute Gasteiger partial charge is 0.251 e. The molecule has 1 heterocycles. The van der Waals surface area contributed by atoms with Crippen LogP contribution in [0.25, 0.3) is 0 Å². The number of nitrogens with zero attached hydrogens (tertiary/aromatic N) is 2. The van der Waals surface area contributed by atoms with Crippen LogP contribution in [-0.2, 0) is 6.54 Å². The number of halogens is 2. The Bertz CT molecular complexity index is 610. The Hall–Kier alpha value is -1.52. The molecule has 1 aromatic heterocycles. The predicted molar refractivity (Wildman–Crippen MR) is 80.4 cm³/mol. The molecule has 0 unspecified atom stereocenters. The van der Waals surface area contributed by atoms with Crippen molar-refractivity contribution in [1.29, 1.82) is 0 Å². The average Bonchev–Trinajstić information content (AvgIpc) is 2.83. The lowest BCUT2D eigenvalue weighted by molar-refractivity contribution is 0.0952. The van der Waals surface area contributed by atoms with E-state index in [-0.39, 0.29) is 5.91 Å². The highest BCUT2D eigenvalue weighted by Crippen LogP contribution is 2.22. The van der Waals surface area contributed by atoms with Crippen molar-refractivity contribution in [3.63, 3.8) is 0 Å². The van der Waals surface area contributed by atoms with Gasteiger partial charge in [0, 0.05) is 31.0 Å². The van der Waals surface area contributed by atoms with Gasteiger partial charge in [-0.2, -0.15) is 0 Å². The number of carbonyl (C=O) groups excluding carboxylic acids is 1. The number of rotatable bonds is 5. The van der Waals surface area contributed by atoms with Gasteiger partial charge in [0.15, 0.2) is 0 Å². The highest BCUT2D eigenvalue weighted by atomic mass is 35.5. The lowest BCUT2D eigenvalue weighted by Crippen LogP contribution is -2.25. The van der Waals surface area contributed by atoms with Crippen molar-refractivity contribution in [3.8, 4) is 0 Å². The number of imidazole rings is 1. The molecule has 0 atom stereocenters. The number of aryl methyl sites for hydroxylation is 2. The van der Waals surface area contributed by atoms with Crippen LogP contribution in [-0.4, -0.2) is 22.0 Å². The van der Waals surface area contributed by atoms with Gasteiger partial charge >= 0.3 is 0 Å². The summed E-state index contributed by atoms with van der Waals surface area (Å²) in [5.74, 6) is 0.826. The fourth-order valence-electron chi connectivity index (χ4n) is 1.83. The van der Waals surface area contributed by atoms with Crippen LogP contribution >= 0.6 is 23.2 Å². The topological polar surface area (TPSA) is 46.9 Å². The van der Waals surface area contributed by atoms with Crippen LogP contribution in [0.4, 0.5) is 0 Å². The average molecular weight is 312 g/mol. The third-order valence-corrected chi connectivity index (χ3v) is 3.71. The first kappa shape index (κ1) is 14.9. The third kappa shape index (κ3) is 3.74. The van der Waals surface area contributed by atoms with Crippen LogP contribution in [0.15, 0.2) is 30.6 Å². The van der Waals surface area contributed by atoms with Gasteiger partial charge in [-0.1, -0.05) is 23.2 Å². The van der Waals surface area contributed by atoms with Gasteiger partial charge in [-0.05, 0) is 31.5 Å². The number of amides is 1. The summed E-state index contributed by atoms with van der Waals surface area (Å²) < 4.78 is 2.05. The van der Waals surface area contributed by atoms with Gasteiger partial charge in [0.05, 0.1) is 10.0 Å². The summed E-state index contributed by atoms with van der Waals surface area (Å²) in [5.41, 5.74) is 0.512. The summed E-state index contributed by atoms with van der Waals surface area (Å²) in [6.45, 7) is 3.37. The maximum absolute atomic E-state index is 11.9. The Kier molecular flexibility index (Phi) is 5.04. The van der Waals surface area contributed by atoms with Crippen molar-refractivity contribution in [3.05, 3.63) is 52.0 Å². The van der Waals surface area contributed by atoms with E-state index in [2.05, 4.69) is 10.3 Å². The quantitative estimate of drug-likeness (QED) is 0.861. The first-order valence-corrected chi connectivity index (χ1v) is 7.04. The van der Waals surface area contributed by atoms with E-state index in [1.54, 1.807) is 24.4 Å². The van der Waals surface area contributed by atoms with E-state index in [0.29, 0.717) is 22.2 Å². The monoisotopic (exact) mass is 311 g/mol. The fourth-order valence-corrected chi connectivity index (χ4v) is 2.13. The number of hydrogen-bond acceptors (Lipinski definition) is 2. The minimum absolute atomic E-state index is 0.147.